The third-order valence-corrected chi connectivity index (χ3v) is 5.02. The molecule has 0 bridgehead atoms. The molecular formula is C16H22N2S. The van der Waals surface area contributed by atoms with Gasteiger partial charge in [-0.1, -0.05) is 30.8 Å². The minimum atomic E-state index is 0.517. The standard InChI is InChI=1S/C16H22N2S/c1-2-13-10-11-19-16(17-13)18-15-9-5-7-12-6-3-4-8-14(12)15/h5,7,9,13H,2-4,6,8,10-11H2,1H3,(H,17,18). The van der Waals surface area contributed by atoms with Crippen LogP contribution in [0.5, 0.6) is 0 Å². The SMILES string of the molecule is CCC1CCSC(Nc2cccc3c2CCCC3)=N1. The summed E-state index contributed by atoms with van der Waals surface area (Å²) in [6, 6.07) is 7.19. The molecule has 1 aliphatic heterocycles. The molecule has 1 heterocycles. The molecule has 0 saturated heterocycles. The summed E-state index contributed by atoms with van der Waals surface area (Å²) < 4.78 is 0. The van der Waals surface area contributed by atoms with Gasteiger partial charge in [0.05, 0.1) is 6.04 Å². The van der Waals surface area contributed by atoms with Crippen molar-refractivity contribution in [2.75, 3.05) is 11.1 Å². The Labute approximate surface area is 120 Å². The van der Waals surface area contributed by atoms with Crippen molar-refractivity contribution in [2.24, 2.45) is 4.99 Å². The van der Waals surface area contributed by atoms with E-state index in [9.17, 15) is 0 Å². The van der Waals surface area contributed by atoms with Crippen molar-refractivity contribution in [3.8, 4) is 0 Å². The first-order valence-electron chi connectivity index (χ1n) is 7.45. The van der Waals surface area contributed by atoms with Gasteiger partial charge < -0.3 is 5.32 Å². The van der Waals surface area contributed by atoms with Crippen LogP contribution in [0.3, 0.4) is 0 Å². The van der Waals surface area contributed by atoms with Crippen LogP contribution in [0.15, 0.2) is 23.2 Å². The average Bonchev–Trinajstić information content (AvgIpc) is 2.48. The number of benzene rings is 1. The van der Waals surface area contributed by atoms with E-state index in [0.717, 1.165) is 11.6 Å². The highest BCUT2D eigenvalue weighted by molar-refractivity contribution is 8.14. The van der Waals surface area contributed by atoms with E-state index in [2.05, 4.69) is 30.4 Å². The Morgan fingerprint density at radius 3 is 3.11 bits per heavy atom. The number of anilines is 1. The van der Waals surface area contributed by atoms with Gasteiger partial charge in [0.1, 0.15) is 0 Å². The molecule has 1 N–H and O–H groups in total. The zero-order valence-corrected chi connectivity index (χ0v) is 12.4. The zero-order chi connectivity index (χ0) is 13.1. The Bertz CT molecular complexity index is 482. The van der Waals surface area contributed by atoms with Gasteiger partial charge in [0.25, 0.3) is 0 Å². The second-order valence-electron chi connectivity index (χ2n) is 5.41. The molecule has 2 nitrogen and oxygen atoms in total. The van der Waals surface area contributed by atoms with Crippen LogP contribution < -0.4 is 5.32 Å². The quantitative estimate of drug-likeness (QED) is 0.872. The summed E-state index contributed by atoms with van der Waals surface area (Å²) in [5, 5.41) is 4.71. The number of nitrogens with one attached hydrogen (secondary N) is 1. The Hall–Kier alpha value is -0.960. The van der Waals surface area contributed by atoms with Crippen LogP contribution in [0.4, 0.5) is 5.69 Å². The molecule has 0 saturated carbocycles. The van der Waals surface area contributed by atoms with Crippen molar-refractivity contribution in [3.05, 3.63) is 29.3 Å². The third-order valence-electron chi connectivity index (χ3n) is 4.10. The van der Waals surface area contributed by atoms with Gasteiger partial charge in [0.15, 0.2) is 5.17 Å². The number of nitrogens with zero attached hydrogens (tertiary/aromatic N) is 1. The van der Waals surface area contributed by atoms with Gasteiger partial charge in [0.2, 0.25) is 0 Å². The molecule has 3 rings (SSSR count). The lowest BCUT2D eigenvalue weighted by Gasteiger charge is -2.23. The van der Waals surface area contributed by atoms with Gasteiger partial charge in [-0.25, -0.2) is 0 Å². The molecule has 0 radical (unpaired) electrons. The molecule has 0 fully saturated rings. The minimum Gasteiger partial charge on any atom is -0.335 e. The highest BCUT2D eigenvalue weighted by Gasteiger charge is 2.17. The summed E-state index contributed by atoms with van der Waals surface area (Å²) in [7, 11) is 0. The van der Waals surface area contributed by atoms with E-state index in [1.54, 1.807) is 0 Å². The fraction of sp³-hybridized carbons (Fsp3) is 0.562. The van der Waals surface area contributed by atoms with Crippen molar-refractivity contribution >= 4 is 22.6 Å². The van der Waals surface area contributed by atoms with Gasteiger partial charge in [0, 0.05) is 11.4 Å². The summed E-state index contributed by atoms with van der Waals surface area (Å²) in [5.41, 5.74) is 4.35. The Kier molecular flexibility index (Phi) is 4.12. The molecule has 0 aromatic heterocycles. The summed E-state index contributed by atoms with van der Waals surface area (Å²) >= 11 is 1.87. The second-order valence-corrected chi connectivity index (χ2v) is 6.49. The monoisotopic (exact) mass is 274 g/mol. The molecule has 3 heteroatoms. The predicted octanol–water partition coefficient (Wildman–Crippen LogP) is 4.25. The van der Waals surface area contributed by atoms with E-state index in [-0.39, 0.29) is 0 Å². The summed E-state index contributed by atoms with van der Waals surface area (Å²) in [6.07, 6.45) is 7.49. The first kappa shape index (κ1) is 13.0. The molecule has 1 atom stereocenters. The van der Waals surface area contributed by atoms with Gasteiger partial charge in [-0.3, -0.25) is 4.99 Å². The van der Waals surface area contributed by atoms with Gasteiger partial charge in [-0.05, 0) is 55.7 Å². The lowest BCUT2D eigenvalue weighted by molar-refractivity contribution is 0.634. The Balaban J connectivity index is 1.81. The van der Waals surface area contributed by atoms with E-state index >= 15 is 0 Å². The van der Waals surface area contributed by atoms with E-state index in [1.807, 2.05) is 11.8 Å². The number of thioether (sulfide) groups is 1. The smallest absolute Gasteiger partial charge is 0.161 e. The highest BCUT2D eigenvalue weighted by Crippen LogP contribution is 2.29. The van der Waals surface area contributed by atoms with Crippen LogP contribution in [0.1, 0.15) is 43.7 Å². The van der Waals surface area contributed by atoms with Crippen molar-refractivity contribution in [1.29, 1.82) is 0 Å². The molecule has 0 amide bonds. The number of hydrogen-bond acceptors (Lipinski definition) is 3. The maximum Gasteiger partial charge on any atom is 0.161 e. The minimum absolute atomic E-state index is 0.517. The highest BCUT2D eigenvalue weighted by atomic mass is 32.2. The fourth-order valence-electron chi connectivity index (χ4n) is 2.94. The average molecular weight is 274 g/mol. The number of rotatable bonds is 2. The molecule has 102 valence electrons. The van der Waals surface area contributed by atoms with Crippen LogP contribution in [0.2, 0.25) is 0 Å². The first-order valence-corrected chi connectivity index (χ1v) is 8.43. The lowest BCUT2D eigenvalue weighted by atomic mass is 9.90. The van der Waals surface area contributed by atoms with Crippen LogP contribution >= 0.6 is 11.8 Å². The second kappa shape index (κ2) is 6.00. The number of amidine groups is 1. The Morgan fingerprint density at radius 2 is 2.21 bits per heavy atom. The lowest BCUT2D eigenvalue weighted by Crippen LogP contribution is -2.20. The van der Waals surface area contributed by atoms with E-state index in [0.29, 0.717) is 6.04 Å². The normalized spacial score (nSPS) is 22.6. The predicted molar refractivity (Wildman–Crippen MR) is 85.3 cm³/mol. The molecule has 1 aromatic rings. The van der Waals surface area contributed by atoms with Crippen LogP contribution in [-0.4, -0.2) is 17.0 Å². The molecule has 1 aromatic carbocycles. The molecule has 2 aliphatic rings. The van der Waals surface area contributed by atoms with Gasteiger partial charge in [-0.2, -0.15) is 0 Å². The van der Waals surface area contributed by atoms with Gasteiger partial charge in [-0.15, -0.1) is 0 Å². The van der Waals surface area contributed by atoms with Crippen LogP contribution in [0.25, 0.3) is 0 Å². The number of aliphatic imine (C=N–C) groups is 1. The van der Waals surface area contributed by atoms with Crippen LogP contribution in [-0.2, 0) is 12.8 Å². The maximum absolute atomic E-state index is 4.81. The molecule has 1 unspecified atom stereocenters. The summed E-state index contributed by atoms with van der Waals surface area (Å²) in [6.45, 7) is 2.23. The largest absolute Gasteiger partial charge is 0.335 e. The number of hydrogen-bond donors (Lipinski definition) is 1. The first-order chi connectivity index (χ1) is 9.36. The van der Waals surface area contributed by atoms with Crippen LogP contribution in [0, 0.1) is 0 Å². The molecular weight excluding hydrogens is 252 g/mol. The number of aryl methyl sites for hydroxylation is 1. The van der Waals surface area contributed by atoms with E-state index in [4.69, 9.17) is 4.99 Å². The molecule has 0 spiro atoms. The maximum atomic E-state index is 4.81. The zero-order valence-electron chi connectivity index (χ0n) is 11.6. The van der Waals surface area contributed by atoms with Crippen molar-refractivity contribution in [2.45, 2.75) is 51.5 Å². The fourth-order valence-corrected chi connectivity index (χ4v) is 3.93. The Morgan fingerprint density at radius 1 is 1.32 bits per heavy atom. The molecule has 1 aliphatic carbocycles. The molecule has 19 heavy (non-hydrogen) atoms. The topological polar surface area (TPSA) is 24.4 Å². The van der Waals surface area contributed by atoms with Crippen molar-refractivity contribution in [1.82, 2.24) is 0 Å². The summed E-state index contributed by atoms with van der Waals surface area (Å²) in [5.74, 6) is 1.19. The van der Waals surface area contributed by atoms with E-state index in [1.165, 1.54) is 54.7 Å². The summed E-state index contributed by atoms with van der Waals surface area (Å²) in [4.78, 5) is 4.81. The van der Waals surface area contributed by atoms with Crippen molar-refractivity contribution < 1.29 is 0 Å². The third kappa shape index (κ3) is 2.97. The number of fused-ring (bicyclic) bond motifs is 1. The van der Waals surface area contributed by atoms with Crippen molar-refractivity contribution in [3.63, 3.8) is 0 Å². The van der Waals surface area contributed by atoms with E-state index < -0.39 is 0 Å². The van der Waals surface area contributed by atoms with Gasteiger partial charge >= 0.3 is 0 Å².